The van der Waals surface area contributed by atoms with Gasteiger partial charge < -0.3 is 4.52 Å². The molecule has 0 aliphatic heterocycles. The Kier molecular flexibility index (Phi) is 5.47. The van der Waals surface area contributed by atoms with Crippen LogP contribution in [-0.2, 0) is 12.2 Å². The summed E-state index contributed by atoms with van der Waals surface area (Å²) in [6, 6.07) is 18.1. The van der Waals surface area contributed by atoms with Gasteiger partial charge in [0.05, 0.1) is 11.4 Å². The summed E-state index contributed by atoms with van der Waals surface area (Å²) in [5, 5.41) is 8.67. The van der Waals surface area contributed by atoms with Crippen LogP contribution in [0.3, 0.4) is 0 Å². The Labute approximate surface area is 170 Å². The Balaban J connectivity index is 1.45. The van der Waals surface area contributed by atoms with Crippen LogP contribution in [-0.4, -0.2) is 19.9 Å². The van der Waals surface area contributed by atoms with Crippen molar-refractivity contribution in [3.63, 3.8) is 0 Å². The van der Waals surface area contributed by atoms with Crippen LogP contribution in [0.4, 0.5) is 0 Å². The fourth-order valence-electron chi connectivity index (χ4n) is 2.50. The molecule has 0 unspecified atom stereocenters. The second-order valence-corrected chi connectivity index (χ2v) is 8.58. The number of hydrogen-bond acceptors (Lipinski definition) is 7. The van der Waals surface area contributed by atoms with Crippen LogP contribution < -0.4 is 0 Å². The second kappa shape index (κ2) is 8.16. The van der Waals surface area contributed by atoms with E-state index < -0.39 is 0 Å². The van der Waals surface area contributed by atoms with Gasteiger partial charge >= 0.3 is 0 Å². The normalized spacial score (nSPS) is 11.0. The minimum Gasteiger partial charge on any atom is -0.338 e. The summed E-state index contributed by atoms with van der Waals surface area (Å²) in [4.78, 5) is 4.48. The smallest absolute Gasteiger partial charge is 0.237 e. The number of rotatable bonds is 6. The van der Waals surface area contributed by atoms with Gasteiger partial charge in [0.25, 0.3) is 0 Å². The van der Waals surface area contributed by atoms with E-state index in [9.17, 15) is 0 Å². The van der Waals surface area contributed by atoms with Gasteiger partial charge in [0.15, 0.2) is 8.29 Å². The molecule has 0 radical (unpaired) electrons. The largest absolute Gasteiger partial charge is 0.338 e. The summed E-state index contributed by atoms with van der Waals surface area (Å²) in [7, 11) is 0. The first-order chi connectivity index (χ1) is 13.2. The molecule has 0 N–H and O–H groups in total. The van der Waals surface area contributed by atoms with E-state index in [1.807, 2.05) is 42.5 Å². The average molecular weight is 413 g/mol. The summed E-state index contributed by atoms with van der Waals surface area (Å²) in [5.41, 5.74) is 3.20. The molecular formula is C19H16N4OS3. The lowest BCUT2D eigenvalue weighted by molar-refractivity contribution is 0.391. The Morgan fingerprint density at radius 1 is 1.11 bits per heavy atom. The molecule has 0 fully saturated rings. The van der Waals surface area contributed by atoms with Crippen LogP contribution in [0.1, 0.15) is 18.4 Å². The third-order valence-electron chi connectivity index (χ3n) is 3.94. The maximum atomic E-state index is 5.43. The molecule has 0 saturated carbocycles. The predicted molar refractivity (Wildman–Crippen MR) is 111 cm³/mol. The van der Waals surface area contributed by atoms with E-state index in [4.69, 9.17) is 16.7 Å². The van der Waals surface area contributed by atoms with Gasteiger partial charge in [0.1, 0.15) is 0 Å². The van der Waals surface area contributed by atoms with Gasteiger partial charge in [0.2, 0.25) is 11.7 Å². The van der Waals surface area contributed by atoms with E-state index in [1.165, 1.54) is 16.9 Å². The Bertz CT molecular complexity index is 1080. The zero-order valence-corrected chi connectivity index (χ0v) is 17.0. The highest BCUT2D eigenvalue weighted by molar-refractivity contribution is 8.00. The molecule has 0 bridgehead atoms. The van der Waals surface area contributed by atoms with Crippen molar-refractivity contribution in [2.45, 2.75) is 23.4 Å². The van der Waals surface area contributed by atoms with E-state index in [1.54, 1.807) is 16.4 Å². The zero-order chi connectivity index (χ0) is 18.6. The van der Waals surface area contributed by atoms with E-state index in [-0.39, 0.29) is 0 Å². The third-order valence-corrected chi connectivity index (χ3v) is 6.29. The number of aryl methyl sites for hydroxylation is 1. The number of benzene rings is 2. The highest BCUT2D eigenvalue weighted by Gasteiger charge is 2.12. The minimum atomic E-state index is 0.553. The SMILES string of the molecule is CCc1ccc(-c2noc(CSc3nn(-c4ccccc4)c(=S)s3)n2)cc1. The summed E-state index contributed by atoms with van der Waals surface area (Å²) in [6.45, 7) is 2.13. The van der Waals surface area contributed by atoms with E-state index >= 15 is 0 Å². The van der Waals surface area contributed by atoms with Gasteiger partial charge in [-0.25, -0.2) is 4.68 Å². The van der Waals surface area contributed by atoms with E-state index in [0.717, 1.165) is 22.0 Å². The molecule has 0 aliphatic carbocycles. The number of para-hydroxylation sites is 1. The lowest BCUT2D eigenvalue weighted by Gasteiger charge is -1.98. The molecule has 0 amide bonds. The molecule has 2 aromatic carbocycles. The van der Waals surface area contributed by atoms with Crippen LogP contribution >= 0.6 is 35.3 Å². The van der Waals surface area contributed by atoms with Gasteiger partial charge in [-0.1, -0.05) is 77.6 Å². The fourth-order valence-corrected chi connectivity index (χ4v) is 4.69. The number of aromatic nitrogens is 4. The summed E-state index contributed by atoms with van der Waals surface area (Å²) >= 11 is 8.45. The fraction of sp³-hybridized carbons (Fsp3) is 0.158. The number of nitrogens with zero attached hydrogens (tertiary/aromatic N) is 4. The Morgan fingerprint density at radius 3 is 2.63 bits per heavy atom. The quantitative estimate of drug-likeness (QED) is 0.305. The van der Waals surface area contributed by atoms with Gasteiger partial charge in [-0.15, -0.1) is 5.10 Å². The molecule has 4 rings (SSSR count). The standard InChI is InChI=1S/C19H16N4OS3/c1-2-13-8-10-14(11-9-13)17-20-16(24-22-17)12-26-18-21-23(19(25)27-18)15-6-4-3-5-7-15/h3-11H,2,12H2,1H3. The summed E-state index contributed by atoms with van der Waals surface area (Å²) in [5.74, 6) is 1.73. The highest BCUT2D eigenvalue weighted by atomic mass is 32.2. The first-order valence-corrected chi connectivity index (χ1v) is 10.6. The van der Waals surface area contributed by atoms with Crippen molar-refractivity contribution in [1.29, 1.82) is 0 Å². The molecule has 2 heterocycles. The molecule has 0 spiro atoms. The van der Waals surface area contributed by atoms with E-state index in [2.05, 4.69) is 34.3 Å². The molecule has 27 heavy (non-hydrogen) atoms. The van der Waals surface area contributed by atoms with Crippen LogP contribution in [0.2, 0.25) is 0 Å². The van der Waals surface area contributed by atoms with Crippen molar-refractivity contribution < 1.29 is 4.52 Å². The molecule has 2 aromatic heterocycles. The average Bonchev–Trinajstić information content (AvgIpc) is 3.34. The van der Waals surface area contributed by atoms with Crippen molar-refractivity contribution in [3.8, 4) is 17.1 Å². The lowest BCUT2D eigenvalue weighted by atomic mass is 10.1. The van der Waals surface area contributed by atoms with Crippen LogP contribution in [0.15, 0.2) is 63.5 Å². The highest BCUT2D eigenvalue weighted by Crippen LogP contribution is 2.27. The molecule has 8 heteroatoms. The maximum Gasteiger partial charge on any atom is 0.237 e. The molecule has 5 nitrogen and oxygen atoms in total. The third kappa shape index (κ3) is 4.18. The molecule has 4 aromatic rings. The monoisotopic (exact) mass is 412 g/mol. The van der Waals surface area contributed by atoms with Gasteiger partial charge in [-0.05, 0) is 36.3 Å². The number of thioether (sulfide) groups is 1. The molecule has 136 valence electrons. The Morgan fingerprint density at radius 2 is 1.89 bits per heavy atom. The topological polar surface area (TPSA) is 56.7 Å². The summed E-state index contributed by atoms with van der Waals surface area (Å²) < 4.78 is 8.74. The predicted octanol–water partition coefficient (Wildman–Crippen LogP) is 5.57. The lowest BCUT2D eigenvalue weighted by Crippen LogP contribution is -1.95. The van der Waals surface area contributed by atoms with Crippen molar-refractivity contribution in [3.05, 3.63) is 70.0 Å². The Hall–Kier alpha value is -2.29. The van der Waals surface area contributed by atoms with Crippen molar-refractivity contribution in [2.75, 3.05) is 0 Å². The molecular weight excluding hydrogens is 396 g/mol. The maximum absolute atomic E-state index is 5.43. The first kappa shape index (κ1) is 18.1. The van der Waals surface area contributed by atoms with Gasteiger partial charge in [0, 0.05) is 5.56 Å². The van der Waals surface area contributed by atoms with Gasteiger partial charge in [-0.2, -0.15) is 4.98 Å². The minimum absolute atomic E-state index is 0.553. The van der Waals surface area contributed by atoms with Crippen LogP contribution in [0.5, 0.6) is 0 Å². The molecule has 0 aliphatic rings. The van der Waals surface area contributed by atoms with Crippen molar-refractivity contribution in [1.82, 2.24) is 19.9 Å². The zero-order valence-electron chi connectivity index (χ0n) is 14.5. The van der Waals surface area contributed by atoms with Crippen LogP contribution in [0, 0.1) is 3.95 Å². The van der Waals surface area contributed by atoms with E-state index in [0.29, 0.717) is 21.4 Å². The van der Waals surface area contributed by atoms with Crippen LogP contribution in [0.25, 0.3) is 17.1 Å². The van der Waals surface area contributed by atoms with Gasteiger partial charge in [-0.3, -0.25) is 0 Å². The second-order valence-electron chi connectivity index (χ2n) is 5.73. The molecule has 0 atom stereocenters. The number of hydrogen-bond donors (Lipinski definition) is 0. The van der Waals surface area contributed by atoms with Crippen molar-refractivity contribution in [2.24, 2.45) is 0 Å². The first-order valence-electron chi connectivity index (χ1n) is 8.43. The molecule has 0 saturated heterocycles. The van der Waals surface area contributed by atoms with Crippen molar-refractivity contribution >= 4 is 35.3 Å². The summed E-state index contributed by atoms with van der Waals surface area (Å²) in [6.07, 6.45) is 1.01.